The first kappa shape index (κ1) is 20.7. The lowest BCUT2D eigenvalue weighted by Gasteiger charge is -2.17. The van der Waals surface area contributed by atoms with Crippen LogP contribution in [0.5, 0.6) is 0 Å². The smallest absolute Gasteiger partial charge is 0.273 e. The molecule has 0 aliphatic carbocycles. The van der Waals surface area contributed by atoms with Crippen LogP contribution in [0.3, 0.4) is 0 Å². The Morgan fingerprint density at radius 3 is 2.56 bits per heavy atom. The van der Waals surface area contributed by atoms with Crippen molar-refractivity contribution in [1.29, 1.82) is 5.41 Å². The van der Waals surface area contributed by atoms with Crippen molar-refractivity contribution in [2.24, 2.45) is 0 Å². The number of likely N-dealkylation sites (N-methyl/N-ethyl adjacent to an activating group) is 1. The van der Waals surface area contributed by atoms with Crippen LogP contribution >= 0.6 is 11.6 Å². The van der Waals surface area contributed by atoms with E-state index in [0.717, 1.165) is 18.2 Å². The van der Waals surface area contributed by atoms with E-state index in [-0.39, 0.29) is 10.9 Å². The van der Waals surface area contributed by atoms with Gasteiger partial charge in [0.25, 0.3) is 5.91 Å². The van der Waals surface area contributed by atoms with E-state index in [1.807, 2.05) is 13.8 Å². The third-order valence-corrected chi connectivity index (χ3v) is 4.04. The molecule has 1 rings (SSSR count). The van der Waals surface area contributed by atoms with Gasteiger partial charge in [-0.15, -0.1) is 0 Å². The zero-order valence-electron chi connectivity index (χ0n) is 14.9. The van der Waals surface area contributed by atoms with Crippen molar-refractivity contribution in [3.63, 3.8) is 0 Å². The van der Waals surface area contributed by atoms with Crippen LogP contribution in [0.1, 0.15) is 32.8 Å². The van der Waals surface area contributed by atoms with Crippen molar-refractivity contribution in [2.45, 2.75) is 33.7 Å². The minimum Gasteiger partial charge on any atom is -0.383 e. The van der Waals surface area contributed by atoms with Gasteiger partial charge in [0, 0.05) is 19.8 Å². The Hall–Kier alpha value is -2.34. The average Bonchev–Trinajstić information content (AvgIpc) is 2.60. The quantitative estimate of drug-likeness (QED) is 0.420. The number of halogens is 2. The van der Waals surface area contributed by atoms with E-state index in [2.05, 4.69) is 16.0 Å². The number of rotatable bonds is 8. The lowest BCUT2D eigenvalue weighted by Crippen LogP contribution is -2.36. The number of hydrogen-bond donors (Lipinski definition) is 4. The Bertz CT molecular complexity index is 713. The lowest BCUT2D eigenvalue weighted by molar-refractivity contribution is -0.117. The zero-order valence-corrected chi connectivity index (χ0v) is 15.6. The minimum absolute atomic E-state index is 0.0727. The molecule has 0 saturated carbocycles. The molecule has 1 amide bonds. The molecule has 0 bridgehead atoms. The normalized spacial score (nSPS) is 12.7. The highest BCUT2D eigenvalue weighted by Gasteiger charge is 2.13. The van der Waals surface area contributed by atoms with Gasteiger partial charge in [0.05, 0.1) is 5.02 Å². The summed E-state index contributed by atoms with van der Waals surface area (Å²) in [6, 6.07) is 4.57. The molecule has 0 aliphatic heterocycles. The highest BCUT2D eigenvalue weighted by atomic mass is 35.5. The highest BCUT2D eigenvalue weighted by molar-refractivity contribution is 6.30. The summed E-state index contributed by atoms with van der Waals surface area (Å²) in [5.41, 5.74) is 2.49. The summed E-state index contributed by atoms with van der Waals surface area (Å²) in [7, 11) is 1.63. The Morgan fingerprint density at radius 2 is 2.04 bits per heavy atom. The molecule has 0 spiro atoms. The maximum absolute atomic E-state index is 13.5. The maximum Gasteiger partial charge on any atom is 0.273 e. The van der Waals surface area contributed by atoms with Gasteiger partial charge in [0.1, 0.15) is 17.3 Å². The molecule has 0 fully saturated rings. The molecule has 0 atom stereocenters. The number of carbonyl (C=O) groups excluding carboxylic acids is 1. The van der Waals surface area contributed by atoms with Crippen LogP contribution in [-0.2, 0) is 11.3 Å². The van der Waals surface area contributed by atoms with Crippen LogP contribution in [0.4, 0.5) is 4.39 Å². The van der Waals surface area contributed by atoms with Gasteiger partial charge in [-0.05, 0) is 49.1 Å². The van der Waals surface area contributed by atoms with E-state index in [1.165, 1.54) is 12.1 Å². The van der Waals surface area contributed by atoms with Crippen molar-refractivity contribution in [1.82, 2.24) is 16.0 Å². The van der Waals surface area contributed by atoms with Gasteiger partial charge in [-0.1, -0.05) is 24.6 Å². The standard InChI is InChI=1S/C18H24ClFN4O/c1-5-11(2)17(24-18(25)16(22-4)12(3)9-21)23-10-13-6-7-14(19)15(20)8-13/h6-9,21-23H,5,10H2,1-4H3,(H,24,25)/b16-12-,17-11-,21-9?. The third kappa shape index (κ3) is 5.90. The molecular formula is C18H24ClFN4O. The van der Waals surface area contributed by atoms with Crippen molar-refractivity contribution < 1.29 is 9.18 Å². The first-order chi connectivity index (χ1) is 11.8. The molecule has 4 N–H and O–H groups in total. The van der Waals surface area contributed by atoms with E-state index >= 15 is 0 Å². The second kappa shape index (κ2) is 9.84. The molecule has 0 aromatic heterocycles. The second-order valence-electron chi connectivity index (χ2n) is 5.52. The zero-order chi connectivity index (χ0) is 19.0. The van der Waals surface area contributed by atoms with E-state index in [1.54, 1.807) is 20.0 Å². The number of hydrogen-bond acceptors (Lipinski definition) is 4. The molecule has 136 valence electrons. The molecular weight excluding hydrogens is 343 g/mol. The molecule has 0 aliphatic rings. The van der Waals surface area contributed by atoms with Crippen molar-refractivity contribution in [3.8, 4) is 0 Å². The lowest BCUT2D eigenvalue weighted by atomic mass is 10.2. The van der Waals surface area contributed by atoms with E-state index < -0.39 is 5.82 Å². The molecule has 1 aromatic rings. The van der Waals surface area contributed by atoms with Crippen LogP contribution in [-0.4, -0.2) is 19.2 Å². The SMILES string of the molecule is CC/C(C)=C(/NCc1ccc(Cl)c(F)c1)NC(=O)/C(NC)=C(\C)C=N. The number of nitrogens with one attached hydrogen (secondary N) is 4. The van der Waals surface area contributed by atoms with Gasteiger partial charge >= 0.3 is 0 Å². The van der Waals surface area contributed by atoms with Gasteiger partial charge in [-0.25, -0.2) is 4.39 Å². The van der Waals surface area contributed by atoms with Crippen LogP contribution in [0.2, 0.25) is 5.02 Å². The van der Waals surface area contributed by atoms with E-state index in [0.29, 0.717) is 29.2 Å². The van der Waals surface area contributed by atoms with Gasteiger partial charge in [-0.2, -0.15) is 0 Å². The number of benzene rings is 1. The van der Waals surface area contributed by atoms with Crippen molar-refractivity contribution in [2.75, 3.05) is 7.05 Å². The summed E-state index contributed by atoms with van der Waals surface area (Å²) < 4.78 is 13.5. The largest absolute Gasteiger partial charge is 0.383 e. The molecule has 0 saturated heterocycles. The molecule has 0 unspecified atom stereocenters. The molecule has 0 heterocycles. The first-order valence-electron chi connectivity index (χ1n) is 7.92. The Kier molecular flexibility index (Phi) is 8.15. The van der Waals surface area contributed by atoms with Crippen molar-refractivity contribution >= 4 is 23.7 Å². The number of carbonyl (C=O) groups is 1. The van der Waals surface area contributed by atoms with Gasteiger partial charge in [0.2, 0.25) is 0 Å². The fourth-order valence-electron chi connectivity index (χ4n) is 2.06. The first-order valence-corrected chi connectivity index (χ1v) is 8.29. The molecule has 0 radical (unpaired) electrons. The van der Waals surface area contributed by atoms with Crippen LogP contribution in [0, 0.1) is 11.2 Å². The maximum atomic E-state index is 13.5. The summed E-state index contributed by atoms with van der Waals surface area (Å²) in [5, 5.41) is 16.1. The van der Waals surface area contributed by atoms with Crippen LogP contribution < -0.4 is 16.0 Å². The predicted molar refractivity (Wildman–Crippen MR) is 99.9 cm³/mol. The summed E-state index contributed by atoms with van der Waals surface area (Å²) in [4.78, 5) is 12.4. The van der Waals surface area contributed by atoms with Gasteiger partial charge < -0.3 is 21.4 Å². The topological polar surface area (TPSA) is 77.0 Å². The Labute approximate surface area is 152 Å². The van der Waals surface area contributed by atoms with Gasteiger partial charge in [-0.3, -0.25) is 4.79 Å². The Balaban J connectivity index is 2.94. The second-order valence-corrected chi connectivity index (χ2v) is 5.92. The third-order valence-electron chi connectivity index (χ3n) is 3.74. The molecule has 7 heteroatoms. The molecule has 1 aromatic carbocycles. The van der Waals surface area contributed by atoms with Crippen LogP contribution in [0.25, 0.3) is 0 Å². The summed E-state index contributed by atoms with van der Waals surface area (Å²) in [6.45, 7) is 5.89. The van der Waals surface area contributed by atoms with Crippen molar-refractivity contribution in [3.05, 3.63) is 57.3 Å². The number of allylic oxidation sites excluding steroid dienone is 2. The van der Waals surface area contributed by atoms with E-state index in [9.17, 15) is 9.18 Å². The minimum atomic E-state index is -0.482. The Morgan fingerprint density at radius 1 is 1.36 bits per heavy atom. The van der Waals surface area contributed by atoms with E-state index in [4.69, 9.17) is 17.0 Å². The monoisotopic (exact) mass is 366 g/mol. The number of amides is 1. The molecule has 5 nitrogen and oxygen atoms in total. The van der Waals surface area contributed by atoms with Gasteiger partial charge in [0.15, 0.2) is 0 Å². The summed E-state index contributed by atoms with van der Waals surface area (Å²) in [6.07, 6.45) is 1.85. The fourth-order valence-corrected chi connectivity index (χ4v) is 2.17. The summed E-state index contributed by atoms with van der Waals surface area (Å²) in [5.74, 6) is -0.265. The average molecular weight is 367 g/mol. The molecule has 25 heavy (non-hydrogen) atoms. The predicted octanol–water partition coefficient (Wildman–Crippen LogP) is 3.47. The fraction of sp³-hybridized carbons (Fsp3) is 0.333. The van der Waals surface area contributed by atoms with Crippen LogP contribution in [0.15, 0.2) is 40.9 Å². The summed E-state index contributed by atoms with van der Waals surface area (Å²) >= 11 is 5.69. The highest BCUT2D eigenvalue weighted by Crippen LogP contribution is 2.16.